The third-order valence-electron chi connectivity index (χ3n) is 2.53. The molecule has 17 heavy (non-hydrogen) atoms. The fraction of sp³-hybridized carbons (Fsp3) is 0.769. The summed E-state index contributed by atoms with van der Waals surface area (Å²) in [7, 11) is 1.90. The van der Waals surface area contributed by atoms with E-state index in [2.05, 4.69) is 6.58 Å². The van der Waals surface area contributed by atoms with E-state index in [-0.39, 0.29) is 12.0 Å². The number of amides is 1. The monoisotopic (exact) mass is 242 g/mol. The van der Waals surface area contributed by atoms with Gasteiger partial charge in [-0.2, -0.15) is 0 Å². The molecule has 0 spiro atoms. The molecule has 0 aromatic heterocycles. The van der Waals surface area contributed by atoms with Gasteiger partial charge in [-0.25, -0.2) is 0 Å². The summed E-state index contributed by atoms with van der Waals surface area (Å²) in [6.07, 6.45) is 0.376. The third-order valence-corrected chi connectivity index (χ3v) is 2.53. The molecule has 0 aliphatic carbocycles. The minimum atomic E-state index is -0.315. The average molecular weight is 242 g/mol. The van der Waals surface area contributed by atoms with Crippen molar-refractivity contribution < 1.29 is 9.90 Å². The fourth-order valence-corrected chi connectivity index (χ4v) is 1.52. The number of hydrogen-bond acceptors (Lipinski definition) is 3. The Bertz CT molecular complexity index is 252. The molecule has 1 unspecified atom stereocenters. The van der Waals surface area contributed by atoms with Crippen LogP contribution < -0.4 is 0 Å². The van der Waals surface area contributed by atoms with Crippen molar-refractivity contribution in [1.29, 1.82) is 0 Å². The maximum Gasteiger partial charge on any atom is 0.237 e. The summed E-state index contributed by atoms with van der Waals surface area (Å²) < 4.78 is 0. The van der Waals surface area contributed by atoms with Crippen molar-refractivity contribution in [2.24, 2.45) is 0 Å². The van der Waals surface area contributed by atoms with Crippen LogP contribution in [0, 0.1) is 0 Å². The molecule has 0 aliphatic heterocycles. The summed E-state index contributed by atoms with van der Waals surface area (Å²) in [6, 6.07) is 0. The summed E-state index contributed by atoms with van der Waals surface area (Å²) in [5.74, 6) is 0.114. The van der Waals surface area contributed by atoms with E-state index in [1.165, 1.54) is 0 Å². The average Bonchev–Trinajstić information content (AvgIpc) is 2.22. The van der Waals surface area contributed by atoms with Gasteiger partial charge >= 0.3 is 0 Å². The van der Waals surface area contributed by atoms with Crippen molar-refractivity contribution in [3.63, 3.8) is 0 Å². The second-order valence-corrected chi connectivity index (χ2v) is 4.74. The first kappa shape index (κ1) is 16.1. The Morgan fingerprint density at radius 1 is 1.41 bits per heavy atom. The van der Waals surface area contributed by atoms with Crippen LogP contribution in [0.3, 0.4) is 0 Å². The van der Waals surface area contributed by atoms with Crippen LogP contribution >= 0.6 is 0 Å². The van der Waals surface area contributed by atoms with Gasteiger partial charge in [-0.3, -0.25) is 9.69 Å². The Kier molecular flexibility index (Phi) is 7.83. The van der Waals surface area contributed by atoms with Crippen LogP contribution in [0.4, 0.5) is 0 Å². The molecular formula is C13H26N2O2. The van der Waals surface area contributed by atoms with Gasteiger partial charge in [0.2, 0.25) is 5.91 Å². The lowest BCUT2D eigenvalue weighted by Gasteiger charge is -2.24. The van der Waals surface area contributed by atoms with Crippen LogP contribution in [0.25, 0.3) is 0 Å². The number of aliphatic hydroxyl groups excluding tert-OH is 1. The normalized spacial score (nSPS) is 12.6. The van der Waals surface area contributed by atoms with Gasteiger partial charge in [-0.1, -0.05) is 12.2 Å². The summed E-state index contributed by atoms with van der Waals surface area (Å²) in [5, 5.41) is 9.18. The van der Waals surface area contributed by atoms with Crippen LogP contribution in [0.1, 0.15) is 27.2 Å². The molecule has 0 rings (SSSR count). The zero-order valence-electron chi connectivity index (χ0n) is 11.6. The molecule has 0 radical (unpaired) electrons. The zero-order chi connectivity index (χ0) is 13.4. The first-order valence-corrected chi connectivity index (χ1v) is 6.15. The van der Waals surface area contributed by atoms with Crippen LogP contribution in [0.5, 0.6) is 0 Å². The second kappa shape index (κ2) is 8.25. The van der Waals surface area contributed by atoms with Crippen molar-refractivity contribution in [3.05, 3.63) is 12.2 Å². The van der Waals surface area contributed by atoms with Gasteiger partial charge in [0.15, 0.2) is 0 Å². The molecule has 1 atom stereocenters. The van der Waals surface area contributed by atoms with Crippen LogP contribution in [-0.2, 0) is 4.79 Å². The fourth-order valence-electron chi connectivity index (χ4n) is 1.52. The van der Waals surface area contributed by atoms with Crippen LogP contribution in [-0.4, -0.2) is 60.1 Å². The maximum absolute atomic E-state index is 11.9. The molecule has 0 saturated heterocycles. The highest BCUT2D eigenvalue weighted by Crippen LogP contribution is 1.99. The van der Waals surface area contributed by atoms with E-state index in [0.29, 0.717) is 26.1 Å². The Hall–Kier alpha value is -0.870. The van der Waals surface area contributed by atoms with E-state index < -0.39 is 0 Å². The first-order chi connectivity index (χ1) is 7.86. The van der Waals surface area contributed by atoms with E-state index in [0.717, 1.165) is 12.1 Å². The molecule has 0 aromatic rings. The quantitative estimate of drug-likeness (QED) is 0.649. The highest BCUT2D eigenvalue weighted by atomic mass is 16.3. The van der Waals surface area contributed by atoms with Gasteiger partial charge in [0, 0.05) is 19.6 Å². The standard InChI is InChI=1S/C13H26N2O2/c1-6-15(9-11(2)3)13(17)10-14(5)8-7-12(4)16/h12,16H,2,6-10H2,1,3-5H3. The molecule has 0 bridgehead atoms. The number of likely N-dealkylation sites (N-methyl/N-ethyl adjacent to an activating group) is 2. The smallest absolute Gasteiger partial charge is 0.237 e. The van der Waals surface area contributed by atoms with Crippen molar-refractivity contribution in [1.82, 2.24) is 9.80 Å². The predicted molar refractivity (Wildman–Crippen MR) is 70.9 cm³/mol. The summed E-state index contributed by atoms with van der Waals surface area (Å²) in [5.41, 5.74) is 0.992. The molecular weight excluding hydrogens is 216 g/mol. The minimum Gasteiger partial charge on any atom is -0.393 e. The molecule has 1 N–H and O–H groups in total. The molecule has 0 heterocycles. The summed E-state index contributed by atoms with van der Waals surface area (Å²) >= 11 is 0. The summed E-state index contributed by atoms with van der Waals surface area (Å²) in [6.45, 7) is 11.9. The summed E-state index contributed by atoms with van der Waals surface area (Å²) in [4.78, 5) is 15.7. The molecule has 4 heteroatoms. The second-order valence-electron chi connectivity index (χ2n) is 4.74. The Balaban J connectivity index is 4.07. The van der Waals surface area contributed by atoms with Gasteiger partial charge in [0.05, 0.1) is 12.6 Å². The Morgan fingerprint density at radius 2 is 2.00 bits per heavy atom. The van der Waals surface area contributed by atoms with E-state index >= 15 is 0 Å². The van der Waals surface area contributed by atoms with E-state index in [1.54, 1.807) is 11.8 Å². The van der Waals surface area contributed by atoms with Crippen molar-refractivity contribution in [3.8, 4) is 0 Å². The highest BCUT2D eigenvalue weighted by molar-refractivity contribution is 5.78. The first-order valence-electron chi connectivity index (χ1n) is 6.15. The van der Waals surface area contributed by atoms with E-state index in [9.17, 15) is 9.90 Å². The maximum atomic E-state index is 11.9. The molecule has 0 fully saturated rings. The number of rotatable bonds is 8. The Morgan fingerprint density at radius 3 is 2.41 bits per heavy atom. The lowest BCUT2D eigenvalue weighted by molar-refractivity contribution is -0.131. The van der Waals surface area contributed by atoms with Gasteiger partial charge < -0.3 is 10.0 Å². The third kappa shape index (κ3) is 7.94. The van der Waals surface area contributed by atoms with Crippen LogP contribution in [0.15, 0.2) is 12.2 Å². The van der Waals surface area contributed by atoms with E-state index in [4.69, 9.17) is 0 Å². The minimum absolute atomic E-state index is 0.114. The van der Waals surface area contributed by atoms with Gasteiger partial charge in [0.1, 0.15) is 0 Å². The SMILES string of the molecule is C=C(C)CN(CC)C(=O)CN(C)CCC(C)O. The number of hydrogen-bond donors (Lipinski definition) is 1. The number of carbonyl (C=O) groups is 1. The number of aliphatic hydroxyl groups is 1. The van der Waals surface area contributed by atoms with Crippen LogP contribution in [0.2, 0.25) is 0 Å². The molecule has 100 valence electrons. The number of nitrogens with zero attached hydrogens (tertiary/aromatic N) is 2. The van der Waals surface area contributed by atoms with Crippen molar-refractivity contribution in [2.75, 3.05) is 33.2 Å². The number of carbonyl (C=O) groups excluding carboxylic acids is 1. The largest absolute Gasteiger partial charge is 0.393 e. The molecule has 0 aliphatic rings. The topological polar surface area (TPSA) is 43.8 Å². The van der Waals surface area contributed by atoms with Crippen molar-refractivity contribution in [2.45, 2.75) is 33.3 Å². The van der Waals surface area contributed by atoms with Crippen molar-refractivity contribution >= 4 is 5.91 Å². The van der Waals surface area contributed by atoms with Gasteiger partial charge in [-0.05, 0) is 34.2 Å². The molecule has 4 nitrogen and oxygen atoms in total. The Labute approximate surface area is 105 Å². The molecule has 0 aromatic carbocycles. The lowest BCUT2D eigenvalue weighted by atomic mass is 10.2. The molecule has 0 saturated carbocycles. The van der Waals surface area contributed by atoms with Gasteiger partial charge in [0.25, 0.3) is 0 Å². The highest BCUT2D eigenvalue weighted by Gasteiger charge is 2.14. The predicted octanol–water partition coefficient (Wildman–Crippen LogP) is 1.11. The lowest BCUT2D eigenvalue weighted by Crippen LogP contribution is -2.40. The zero-order valence-corrected chi connectivity index (χ0v) is 11.6. The van der Waals surface area contributed by atoms with E-state index in [1.807, 2.05) is 25.8 Å². The molecule has 1 amide bonds. The van der Waals surface area contributed by atoms with Gasteiger partial charge in [-0.15, -0.1) is 0 Å².